The lowest BCUT2D eigenvalue weighted by Crippen LogP contribution is -2.56. The highest BCUT2D eigenvalue weighted by Crippen LogP contribution is 2.29. The third-order valence-electron chi connectivity index (χ3n) is 2.77. The Kier molecular flexibility index (Phi) is 5.40. The van der Waals surface area contributed by atoms with Gasteiger partial charge in [-0.25, -0.2) is 4.79 Å². The van der Waals surface area contributed by atoms with E-state index in [-0.39, 0.29) is 12.0 Å². The summed E-state index contributed by atoms with van der Waals surface area (Å²) < 4.78 is 10.7. The first-order valence-corrected chi connectivity index (χ1v) is 6.50. The van der Waals surface area contributed by atoms with Gasteiger partial charge >= 0.3 is 5.97 Å². The van der Waals surface area contributed by atoms with Crippen LogP contribution in [0.25, 0.3) is 0 Å². The zero-order chi connectivity index (χ0) is 12.9. The molecule has 0 aliphatic heterocycles. The summed E-state index contributed by atoms with van der Waals surface area (Å²) in [6.07, 6.45) is 2.52. The van der Waals surface area contributed by atoms with Gasteiger partial charge in [0, 0.05) is 12.6 Å². The van der Waals surface area contributed by atoms with E-state index < -0.39 is 5.54 Å². The Hall–Kier alpha value is -0.610. The second-order valence-corrected chi connectivity index (χ2v) is 5.31. The van der Waals surface area contributed by atoms with Gasteiger partial charge in [0.05, 0.1) is 13.2 Å². The summed E-state index contributed by atoms with van der Waals surface area (Å²) in [5, 5.41) is 3.24. The Morgan fingerprint density at radius 2 is 2.12 bits per heavy atom. The van der Waals surface area contributed by atoms with Crippen LogP contribution in [0.5, 0.6) is 0 Å². The van der Waals surface area contributed by atoms with Crippen LogP contribution in [0.4, 0.5) is 0 Å². The average molecular weight is 243 g/mol. The maximum Gasteiger partial charge on any atom is 0.328 e. The molecular weight excluding hydrogens is 218 g/mol. The predicted molar refractivity (Wildman–Crippen MR) is 66.9 cm³/mol. The number of rotatable bonds is 8. The molecule has 4 heteroatoms. The molecule has 1 fully saturated rings. The predicted octanol–water partition coefficient (Wildman–Crippen LogP) is 1.73. The molecule has 17 heavy (non-hydrogen) atoms. The minimum atomic E-state index is -0.737. The van der Waals surface area contributed by atoms with Gasteiger partial charge in [-0.3, -0.25) is 5.32 Å². The van der Waals surface area contributed by atoms with E-state index in [0.717, 1.165) is 6.61 Å². The summed E-state index contributed by atoms with van der Waals surface area (Å²) in [5.74, 6) is 0.477. The Labute approximate surface area is 104 Å². The molecule has 0 saturated heterocycles. The van der Waals surface area contributed by atoms with Crippen molar-refractivity contribution in [2.45, 2.75) is 52.1 Å². The van der Waals surface area contributed by atoms with E-state index in [9.17, 15) is 4.79 Å². The average Bonchev–Trinajstić information content (AvgIpc) is 3.01. The molecule has 1 unspecified atom stereocenters. The van der Waals surface area contributed by atoms with Gasteiger partial charge in [0.15, 0.2) is 0 Å². The highest BCUT2D eigenvalue weighted by Gasteiger charge is 2.36. The third kappa shape index (κ3) is 5.04. The number of carbonyl (C=O) groups excluding carboxylic acids is 1. The fourth-order valence-electron chi connectivity index (χ4n) is 1.80. The smallest absolute Gasteiger partial charge is 0.328 e. The van der Waals surface area contributed by atoms with Gasteiger partial charge in [-0.05, 0) is 46.5 Å². The lowest BCUT2D eigenvalue weighted by Gasteiger charge is -2.30. The van der Waals surface area contributed by atoms with E-state index in [1.165, 1.54) is 12.8 Å². The van der Waals surface area contributed by atoms with E-state index >= 15 is 0 Å². The summed E-state index contributed by atoms with van der Waals surface area (Å²) >= 11 is 0. The fourth-order valence-corrected chi connectivity index (χ4v) is 1.80. The maximum absolute atomic E-state index is 11.9. The van der Waals surface area contributed by atoms with E-state index in [1.54, 1.807) is 0 Å². The molecule has 0 bridgehead atoms. The first kappa shape index (κ1) is 14.5. The topological polar surface area (TPSA) is 47.6 Å². The molecule has 0 amide bonds. The van der Waals surface area contributed by atoms with Crippen molar-refractivity contribution in [3.05, 3.63) is 0 Å². The highest BCUT2D eigenvalue weighted by atomic mass is 16.5. The molecular formula is C13H25NO3. The fraction of sp³-hybridized carbons (Fsp3) is 0.923. The van der Waals surface area contributed by atoms with Crippen LogP contribution in [-0.4, -0.2) is 37.4 Å². The van der Waals surface area contributed by atoms with Gasteiger partial charge in [-0.2, -0.15) is 0 Å². The summed E-state index contributed by atoms with van der Waals surface area (Å²) in [6, 6.07) is 0.217. The lowest BCUT2D eigenvalue weighted by molar-refractivity contribution is -0.153. The van der Waals surface area contributed by atoms with E-state index in [0.29, 0.717) is 19.1 Å². The minimum absolute atomic E-state index is 0.217. The van der Waals surface area contributed by atoms with E-state index in [1.807, 2.05) is 27.7 Å². The molecule has 0 aromatic heterocycles. The van der Waals surface area contributed by atoms with Crippen molar-refractivity contribution in [3.63, 3.8) is 0 Å². The standard InChI is InChI=1S/C13H25NO3/c1-5-17-12(15)13(4,14-10(2)3)9-16-8-11-6-7-11/h10-11,14H,5-9H2,1-4H3. The molecule has 100 valence electrons. The molecule has 1 N–H and O–H groups in total. The van der Waals surface area contributed by atoms with Gasteiger partial charge in [0.25, 0.3) is 0 Å². The second kappa shape index (κ2) is 6.36. The van der Waals surface area contributed by atoms with Crippen molar-refractivity contribution in [1.82, 2.24) is 5.32 Å². The highest BCUT2D eigenvalue weighted by molar-refractivity contribution is 5.80. The SMILES string of the molecule is CCOC(=O)C(C)(COCC1CC1)NC(C)C. The third-order valence-corrected chi connectivity index (χ3v) is 2.77. The van der Waals surface area contributed by atoms with Gasteiger partial charge in [-0.1, -0.05) is 0 Å². The summed E-state index contributed by atoms with van der Waals surface area (Å²) in [5.41, 5.74) is -0.737. The largest absolute Gasteiger partial charge is 0.465 e. The summed E-state index contributed by atoms with van der Waals surface area (Å²) in [4.78, 5) is 11.9. The van der Waals surface area contributed by atoms with Crippen LogP contribution in [0.3, 0.4) is 0 Å². The number of ether oxygens (including phenoxy) is 2. The van der Waals surface area contributed by atoms with Crippen molar-refractivity contribution < 1.29 is 14.3 Å². The molecule has 1 atom stereocenters. The van der Waals surface area contributed by atoms with E-state index in [4.69, 9.17) is 9.47 Å². The molecule has 0 aromatic carbocycles. The molecule has 0 radical (unpaired) electrons. The van der Waals surface area contributed by atoms with Crippen LogP contribution in [-0.2, 0) is 14.3 Å². The van der Waals surface area contributed by atoms with Crippen molar-refractivity contribution in [1.29, 1.82) is 0 Å². The maximum atomic E-state index is 11.9. The number of hydrogen-bond donors (Lipinski definition) is 1. The first-order valence-electron chi connectivity index (χ1n) is 6.50. The van der Waals surface area contributed by atoms with E-state index in [2.05, 4.69) is 5.32 Å². The molecule has 1 rings (SSSR count). The van der Waals surface area contributed by atoms with Crippen LogP contribution in [0.1, 0.15) is 40.5 Å². The number of carbonyl (C=O) groups is 1. The normalized spacial score (nSPS) is 19.1. The van der Waals surface area contributed by atoms with Crippen molar-refractivity contribution in [2.24, 2.45) is 5.92 Å². The minimum Gasteiger partial charge on any atom is -0.465 e. The Morgan fingerprint density at radius 1 is 1.47 bits per heavy atom. The zero-order valence-electron chi connectivity index (χ0n) is 11.4. The van der Waals surface area contributed by atoms with Crippen LogP contribution >= 0.6 is 0 Å². The Balaban J connectivity index is 2.45. The van der Waals surface area contributed by atoms with Crippen LogP contribution < -0.4 is 5.32 Å². The lowest BCUT2D eigenvalue weighted by atomic mass is 10.0. The van der Waals surface area contributed by atoms with Crippen LogP contribution in [0.2, 0.25) is 0 Å². The van der Waals surface area contributed by atoms with Crippen LogP contribution in [0.15, 0.2) is 0 Å². The monoisotopic (exact) mass is 243 g/mol. The zero-order valence-corrected chi connectivity index (χ0v) is 11.4. The van der Waals surface area contributed by atoms with Gasteiger partial charge in [0.1, 0.15) is 5.54 Å². The van der Waals surface area contributed by atoms with Gasteiger partial charge in [0.2, 0.25) is 0 Å². The number of hydrogen-bond acceptors (Lipinski definition) is 4. The quantitative estimate of drug-likeness (QED) is 0.660. The second-order valence-electron chi connectivity index (χ2n) is 5.31. The molecule has 4 nitrogen and oxygen atoms in total. The van der Waals surface area contributed by atoms with Crippen LogP contribution in [0, 0.1) is 5.92 Å². The number of esters is 1. The molecule has 1 aliphatic carbocycles. The van der Waals surface area contributed by atoms with Crippen molar-refractivity contribution >= 4 is 5.97 Å². The number of nitrogens with one attached hydrogen (secondary N) is 1. The molecule has 1 aliphatic rings. The van der Waals surface area contributed by atoms with Crippen molar-refractivity contribution in [2.75, 3.05) is 19.8 Å². The molecule has 0 aromatic rings. The first-order chi connectivity index (χ1) is 7.98. The summed E-state index contributed by atoms with van der Waals surface area (Å²) in [7, 11) is 0. The molecule has 1 saturated carbocycles. The van der Waals surface area contributed by atoms with Gasteiger partial charge in [-0.15, -0.1) is 0 Å². The Bertz CT molecular complexity index is 251. The van der Waals surface area contributed by atoms with Gasteiger partial charge < -0.3 is 9.47 Å². The van der Waals surface area contributed by atoms with Crippen molar-refractivity contribution in [3.8, 4) is 0 Å². The molecule has 0 heterocycles. The molecule has 0 spiro atoms. The Morgan fingerprint density at radius 3 is 2.59 bits per heavy atom. The summed E-state index contributed by atoms with van der Waals surface area (Å²) in [6.45, 7) is 9.22.